The Morgan fingerprint density at radius 1 is 1.45 bits per heavy atom. The Hall–Kier alpha value is -2.13. The number of anilines is 1. The third-order valence-corrected chi connectivity index (χ3v) is 4.35. The molecular formula is C16H21N5O. The number of hydrogen-bond acceptors (Lipinski definition) is 5. The van der Waals surface area contributed by atoms with Crippen molar-refractivity contribution in [2.24, 2.45) is 0 Å². The summed E-state index contributed by atoms with van der Waals surface area (Å²) in [6.07, 6.45) is 3.06. The Morgan fingerprint density at radius 2 is 2.23 bits per heavy atom. The second-order valence-electron chi connectivity index (χ2n) is 5.92. The van der Waals surface area contributed by atoms with E-state index in [4.69, 9.17) is 0 Å². The van der Waals surface area contributed by atoms with E-state index in [0.29, 0.717) is 11.4 Å². The smallest absolute Gasteiger partial charge is 0.242 e. The first-order chi connectivity index (χ1) is 10.7. The highest BCUT2D eigenvalue weighted by Gasteiger charge is 2.22. The summed E-state index contributed by atoms with van der Waals surface area (Å²) in [5.41, 5.74) is 2.83. The van der Waals surface area contributed by atoms with Crippen molar-refractivity contribution in [3.63, 3.8) is 0 Å². The topological polar surface area (TPSA) is 72.3 Å². The van der Waals surface area contributed by atoms with Crippen LogP contribution in [0.1, 0.15) is 23.2 Å². The zero-order chi connectivity index (χ0) is 15.5. The van der Waals surface area contributed by atoms with Crippen LogP contribution in [0.4, 0.5) is 5.82 Å². The summed E-state index contributed by atoms with van der Waals surface area (Å²) in [5, 5.41) is 12.6. The summed E-state index contributed by atoms with van der Waals surface area (Å²) in [6.45, 7) is 3.44. The lowest BCUT2D eigenvalue weighted by Crippen LogP contribution is -2.49. The van der Waals surface area contributed by atoms with Gasteiger partial charge in [0.15, 0.2) is 0 Å². The number of carbonyl (C=O) groups is 1. The molecule has 3 rings (SSSR count). The lowest BCUT2D eigenvalue weighted by atomic mass is 10.1. The Labute approximate surface area is 130 Å². The second-order valence-corrected chi connectivity index (χ2v) is 5.92. The number of nitrogens with one attached hydrogen (secondary N) is 1. The van der Waals surface area contributed by atoms with Crippen molar-refractivity contribution < 1.29 is 4.79 Å². The molecule has 2 aliphatic rings. The van der Waals surface area contributed by atoms with Crippen LogP contribution < -0.4 is 10.2 Å². The van der Waals surface area contributed by atoms with E-state index in [1.807, 2.05) is 22.9 Å². The van der Waals surface area contributed by atoms with Gasteiger partial charge in [-0.3, -0.25) is 4.79 Å². The van der Waals surface area contributed by atoms with E-state index in [2.05, 4.69) is 16.4 Å². The minimum atomic E-state index is 0.0928. The van der Waals surface area contributed by atoms with Crippen molar-refractivity contribution in [1.82, 2.24) is 15.2 Å². The number of pyridine rings is 1. The van der Waals surface area contributed by atoms with Gasteiger partial charge in [-0.25, -0.2) is 4.98 Å². The Morgan fingerprint density at radius 3 is 2.95 bits per heavy atom. The van der Waals surface area contributed by atoms with Crippen LogP contribution in [0.25, 0.3) is 0 Å². The largest absolute Gasteiger partial charge is 0.349 e. The van der Waals surface area contributed by atoms with Gasteiger partial charge in [0.05, 0.1) is 12.1 Å². The predicted octanol–water partition coefficient (Wildman–Crippen LogP) is 0.310. The third-order valence-electron chi connectivity index (χ3n) is 4.35. The van der Waals surface area contributed by atoms with Gasteiger partial charge in [-0.05, 0) is 30.9 Å². The molecule has 6 nitrogen and oxygen atoms in total. The Balaban J connectivity index is 1.75. The normalized spacial score (nSPS) is 17.0. The molecule has 1 saturated heterocycles. The number of nitrogens with zero attached hydrogens (tertiary/aromatic N) is 4. The lowest BCUT2D eigenvalue weighted by Gasteiger charge is -2.29. The van der Waals surface area contributed by atoms with Crippen LogP contribution in [0, 0.1) is 11.3 Å². The zero-order valence-corrected chi connectivity index (χ0v) is 12.9. The van der Waals surface area contributed by atoms with Crippen molar-refractivity contribution in [2.75, 3.05) is 44.7 Å². The minimum Gasteiger partial charge on any atom is -0.349 e. The number of fused-ring (bicyclic) bond motifs is 1. The SMILES string of the molecule is CN(CC(=O)N1CCNCC1)c1nc2c(cc1C#N)CCC2. The first-order valence-corrected chi connectivity index (χ1v) is 7.81. The molecule has 116 valence electrons. The molecule has 0 saturated carbocycles. The Bertz CT molecular complexity index is 616. The van der Waals surface area contributed by atoms with E-state index in [1.54, 1.807) is 0 Å². The molecule has 0 aromatic carbocycles. The van der Waals surface area contributed by atoms with Crippen LogP contribution in [0.2, 0.25) is 0 Å². The number of carbonyl (C=O) groups excluding carboxylic acids is 1. The molecule has 1 aliphatic heterocycles. The number of aromatic nitrogens is 1. The lowest BCUT2D eigenvalue weighted by molar-refractivity contribution is -0.130. The molecule has 0 bridgehead atoms. The molecule has 6 heteroatoms. The molecule has 1 aliphatic carbocycles. The molecule has 0 atom stereocenters. The van der Waals surface area contributed by atoms with Crippen LogP contribution in [0.15, 0.2) is 6.07 Å². The highest BCUT2D eigenvalue weighted by molar-refractivity contribution is 5.81. The fourth-order valence-corrected chi connectivity index (χ4v) is 3.13. The van der Waals surface area contributed by atoms with Gasteiger partial charge < -0.3 is 15.1 Å². The number of amides is 1. The summed E-state index contributed by atoms with van der Waals surface area (Å²) in [5.74, 6) is 0.724. The van der Waals surface area contributed by atoms with Gasteiger partial charge in [0.1, 0.15) is 11.9 Å². The minimum absolute atomic E-state index is 0.0928. The standard InChI is InChI=1S/C16H21N5O/c1-20(11-15(22)21-7-5-18-6-8-21)16-13(10-17)9-12-3-2-4-14(12)19-16/h9,18H,2-8,11H2,1H3. The fourth-order valence-electron chi connectivity index (χ4n) is 3.13. The average Bonchev–Trinajstić information content (AvgIpc) is 3.01. The summed E-state index contributed by atoms with van der Waals surface area (Å²) in [6, 6.07) is 4.16. The number of hydrogen-bond donors (Lipinski definition) is 1. The highest BCUT2D eigenvalue weighted by atomic mass is 16.2. The number of aryl methyl sites for hydroxylation is 2. The summed E-state index contributed by atoms with van der Waals surface area (Å²) in [4.78, 5) is 20.7. The predicted molar refractivity (Wildman–Crippen MR) is 83.7 cm³/mol. The summed E-state index contributed by atoms with van der Waals surface area (Å²) < 4.78 is 0. The quantitative estimate of drug-likeness (QED) is 0.869. The van der Waals surface area contributed by atoms with Gasteiger partial charge in [-0.15, -0.1) is 0 Å². The van der Waals surface area contributed by atoms with Crippen LogP contribution in [-0.4, -0.2) is 55.6 Å². The second kappa shape index (κ2) is 6.32. The molecule has 0 radical (unpaired) electrons. The van der Waals surface area contributed by atoms with Gasteiger partial charge in [-0.2, -0.15) is 5.26 Å². The Kier molecular flexibility index (Phi) is 4.25. The molecule has 0 spiro atoms. The molecule has 1 aromatic heterocycles. The molecule has 1 amide bonds. The zero-order valence-electron chi connectivity index (χ0n) is 12.9. The molecule has 0 unspecified atom stereocenters. The maximum absolute atomic E-state index is 12.4. The van der Waals surface area contributed by atoms with Gasteiger partial charge in [0, 0.05) is 38.9 Å². The van der Waals surface area contributed by atoms with E-state index in [1.165, 1.54) is 5.56 Å². The number of rotatable bonds is 3. The van der Waals surface area contributed by atoms with Crippen molar-refractivity contribution in [1.29, 1.82) is 5.26 Å². The van der Waals surface area contributed by atoms with E-state index >= 15 is 0 Å². The number of piperazine rings is 1. The molecule has 1 aromatic rings. The van der Waals surface area contributed by atoms with Crippen molar-refractivity contribution in [2.45, 2.75) is 19.3 Å². The van der Waals surface area contributed by atoms with Gasteiger partial charge in [0.2, 0.25) is 5.91 Å². The van der Waals surface area contributed by atoms with Crippen LogP contribution in [-0.2, 0) is 17.6 Å². The van der Waals surface area contributed by atoms with Gasteiger partial charge in [0.25, 0.3) is 0 Å². The van der Waals surface area contributed by atoms with Gasteiger partial charge in [-0.1, -0.05) is 0 Å². The molecule has 22 heavy (non-hydrogen) atoms. The van der Waals surface area contributed by atoms with Gasteiger partial charge >= 0.3 is 0 Å². The third kappa shape index (κ3) is 2.90. The van der Waals surface area contributed by atoms with Crippen LogP contribution in [0.5, 0.6) is 0 Å². The monoisotopic (exact) mass is 299 g/mol. The van der Waals surface area contributed by atoms with E-state index in [9.17, 15) is 10.1 Å². The first-order valence-electron chi connectivity index (χ1n) is 7.81. The fraction of sp³-hybridized carbons (Fsp3) is 0.562. The maximum Gasteiger partial charge on any atom is 0.242 e. The number of likely N-dealkylation sites (N-methyl/N-ethyl adjacent to an activating group) is 1. The highest BCUT2D eigenvalue weighted by Crippen LogP contribution is 2.26. The summed E-state index contributed by atoms with van der Waals surface area (Å²) >= 11 is 0. The van der Waals surface area contributed by atoms with Crippen LogP contribution in [0.3, 0.4) is 0 Å². The molecule has 2 heterocycles. The van der Waals surface area contributed by atoms with Crippen molar-refractivity contribution in [3.8, 4) is 6.07 Å². The van der Waals surface area contributed by atoms with Crippen LogP contribution >= 0.6 is 0 Å². The van der Waals surface area contributed by atoms with E-state index in [-0.39, 0.29) is 12.5 Å². The maximum atomic E-state index is 12.4. The first kappa shape index (κ1) is 14.8. The molecule has 1 N–H and O–H groups in total. The van der Waals surface area contributed by atoms with Crippen molar-refractivity contribution >= 4 is 11.7 Å². The molecular weight excluding hydrogens is 278 g/mol. The number of nitriles is 1. The van der Waals surface area contributed by atoms with Crippen molar-refractivity contribution in [3.05, 3.63) is 22.9 Å². The van der Waals surface area contributed by atoms with E-state index in [0.717, 1.165) is 51.1 Å². The summed E-state index contributed by atoms with van der Waals surface area (Å²) in [7, 11) is 1.84. The van der Waals surface area contributed by atoms with E-state index < -0.39 is 0 Å². The molecule has 1 fully saturated rings. The average molecular weight is 299 g/mol.